The van der Waals surface area contributed by atoms with Crippen molar-refractivity contribution in [3.8, 4) is 0 Å². The first-order valence-corrected chi connectivity index (χ1v) is 5.86. The average Bonchev–Trinajstić information content (AvgIpc) is 2.54. The van der Waals surface area contributed by atoms with Crippen LogP contribution < -0.4 is 0 Å². The Morgan fingerprint density at radius 2 is 1.75 bits per heavy atom. The maximum Gasteiger partial charge on any atom is 0.00110 e. The van der Waals surface area contributed by atoms with Crippen LogP contribution in [0.2, 0.25) is 0 Å². The highest BCUT2D eigenvalue weighted by molar-refractivity contribution is 5.85. The molecule has 1 aromatic rings. The SMILES string of the molecule is CC1(C)C=CC2=C(C=C1)c1ccccc1C2. The van der Waals surface area contributed by atoms with Crippen molar-refractivity contribution in [2.45, 2.75) is 20.3 Å². The third kappa shape index (κ3) is 1.46. The topological polar surface area (TPSA) is 0 Å². The van der Waals surface area contributed by atoms with Crippen molar-refractivity contribution in [3.63, 3.8) is 0 Å². The highest BCUT2D eigenvalue weighted by Gasteiger charge is 2.21. The van der Waals surface area contributed by atoms with Gasteiger partial charge in [-0.05, 0) is 28.7 Å². The first-order chi connectivity index (χ1) is 7.66. The van der Waals surface area contributed by atoms with Crippen molar-refractivity contribution >= 4 is 5.57 Å². The largest absolute Gasteiger partial charge is 0.0748 e. The van der Waals surface area contributed by atoms with Gasteiger partial charge in [-0.25, -0.2) is 0 Å². The van der Waals surface area contributed by atoms with E-state index >= 15 is 0 Å². The van der Waals surface area contributed by atoms with Gasteiger partial charge in [-0.3, -0.25) is 0 Å². The van der Waals surface area contributed by atoms with Crippen LogP contribution in [-0.2, 0) is 6.42 Å². The average molecular weight is 208 g/mol. The molecule has 0 heterocycles. The summed E-state index contributed by atoms with van der Waals surface area (Å²) in [6.07, 6.45) is 10.3. The first kappa shape index (κ1) is 9.65. The van der Waals surface area contributed by atoms with E-state index in [1.807, 2.05) is 0 Å². The molecule has 0 atom stereocenters. The van der Waals surface area contributed by atoms with E-state index in [2.05, 4.69) is 62.4 Å². The molecule has 0 heteroatoms. The molecular formula is C16H16. The van der Waals surface area contributed by atoms with Crippen LogP contribution in [0.4, 0.5) is 0 Å². The smallest absolute Gasteiger partial charge is 0.00110 e. The van der Waals surface area contributed by atoms with Gasteiger partial charge in [0.05, 0.1) is 0 Å². The second-order valence-corrected chi connectivity index (χ2v) is 5.26. The standard InChI is InChI=1S/C16H16/c1-16(2)9-7-13-11-12-5-3-4-6-14(12)15(13)8-10-16/h3-10H,11H2,1-2H3. The quantitative estimate of drug-likeness (QED) is 0.601. The zero-order chi connectivity index (χ0) is 11.2. The van der Waals surface area contributed by atoms with Gasteiger partial charge in [0, 0.05) is 5.41 Å². The predicted molar refractivity (Wildman–Crippen MR) is 69.1 cm³/mol. The highest BCUT2D eigenvalue weighted by Crippen LogP contribution is 2.38. The Morgan fingerprint density at radius 3 is 2.62 bits per heavy atom. The van der Waals surface area contributed by atoms with Crippen molar-refractivity contribution in [2.75, 3.05) is 0 Å². The van der Waals surface area contributed by atoms with Crippen LogP contribution in [-0.4, -0.2) is 0 Å². The Hall–Kier alpha value is -1.56. The minimum absolute atomic E-state index is 0.180. The Bertz CT molecular complexity index is 525. The summed E-state index contributed by atoms with van der Waals surface area (Å²) < 4.78 is 0. The van der Waals surface area contributed by atoms with E-state index in [4.69, 9.17) is 0 Å². The molecule has 1 aromatic carbocycles. The molecular weight excluding hydrogens is 192 g/mol. The van der Waals surface area contributed by atoms with Gasteiger partial charge in [0.25, 0.3) is 0 Å². The molecule has 0 bridgehead atoms. The fraction of sp³-hybridized carbons (Fsp3) is 0.250. The van der Waals surface area contributed by atoms with Gasteiger partial charge >= 0.3 is 0 Å². The number of hydrogen-bond acceptors (Lipinski definition) is 0. The van der Waals surface area contributed by atoms with E-state index in [0.717, 1.165) is 6.42 Å². The third-order valence-electron chi connectivity index (χ3n) is 3.43. The molecule has 0 N–H and O–H groups in total. The Balaban J connectivity index is 2.12. The van der Waals surface area contributed by atoms with E-state index in [9.17, 15) is 0 Å². The maximum absolute atomic E-state index is 2.30. The van der Waals surface area contributed by atoms with Gasteiger partial charge < -0.3 is 0 Å². The molecule has 0 radical (unpaired) electrons. The monoisotopic (exact) mass is 208 g/mol. The van der Waals surface area contributed by atoms with Crippen LogP contribution >= 0.6 is 0 Å². The maximum atomic E-state index is 2.30. The lowest BCUT2D eigenvalue weighted by atomic mass is 9.92. The van der Waals surface area contributed by atoms with E-state index < -0.39 is 0 Å². The fourth-order valence-electron chi connectivity index (χ4n) is 2.43. The van der Waals surface area contributed by atoms with Crippen molar-refractivity contribution in [1.82, 2.24) is 0 Å². The van der Waals surface area contributed by atoms with Crippen LogP contribution in [0.3, 0.4) is 0 Å². The van der Waals surface area contributed by atoms with E-state index in [0.29, 0.717) is 0 Å². The number of hydrogen-bond donors (Lipinski definition) is 0. The van der Waals surface area contributed by atoms with E-state index in [-0.39, 0.29) is 5.41 Å². The summed E-state index contributed by atoms with van der Waals surface area (Å²) in [6.45, 7) is 4.49. The van der Waals surface area contributed by atoms with Crippen LogP contribution in [0.15, 0.2) is 54.1 Å². The summed E-state index contributed by atoms with van der Waals surface area (Å²) in [4.78, 5) is 0. The van der Waals surface area contributed by atoms with E-state index in [1.165, 1.54) is 22.3 Å². The first-order valence-electron chi connectivity index (χ1n) is 5.86. The number of benzene rings is 1. The molecule has 0 nitrogen and oxygen atoms in total. The highest BCUT2D eigenvalue weighted by atomic mass is 14.3. The molecule has 80 valence electrons. The zero-order valence-corrected chi connectivity index (χ0v) is 9.83. The minimum atomic E-state index is 0.180. The van der Waals surface area contributed by atoms with Gasteiger partial charge in [0.2, 0.25) is 0 Å². The summed E-state index contributed by atoms with van der Waals surface area (Å²) in [7, 11) is 0. The summed E-state index contributed by atoms with van der Waals surface area (Å²) in [5.41, 5.74) is 5.93. The Morgan fingerprint density at radius 1 is 1.00 bits per heavy atom. The minimum Gasteiger partial charge on any atom is -0.0748 e. The second kappa shape index (κ2) is 3.21. The summed E-state index contributed by atoms with van der Waals surface area (Å²) >= 11 is 0. The van der Waals surface area contributed by atoms with Crippen LogP contribution in [0, 0.1) is 5.41 Å². The molecule has 0 amide bonds. The van der Waals surface area contributed by atoms with Crippen molar-refractivity contribution in [1.29, 1.82) is 0 Å². The molecule has 3 rings (SSSR count). The molecule has 0 aromatic heterocycles. The lowest BCUT2D eigenvalue weighted by molar-refractivity contribution is 0.627. The zero-order valence-electron chi connectivity index (χ0n) is 9.83. The van der Waals surface area contributed by atoms with E-state index in [1.54, 1.807) is 0 Å². The van der Waals surface area contributed by atoms with Gasteiger partial charge in [0.15, 0.2) is 0 Å². The summed E-state index contributed by atoms with van der Waals surface area (Å²) in [6, 6.07) is 8.72. The van der Waals surface area contributed by atoms with Crippen LogP contribution in [0.5, 0.6) is 0 Å². The molecule has 0 saturated carbocycles. The van der Waals surface area contributed by atoms with Crippen molar-refractivity contribution < 1.29 is 0 Å². The van der Waals surface area contributed by atoms with Crippen LogP contribution in [0.1, 0.15) is 25.0 Å². The number of rotatable bonds is 0. The fourth-order valence-corrected chi connectivity index (χ4v) is 2.43. The molecule has 2 aliphatic rings. The van der Waals surface area contributed by atoms with Gasteiger partial charge in [-0.1, -0.05) is 62.4 Å². The van der Waals surface area contributed by atoms with Gasteiger partial charge in [-0.15, -0.1) is 0 Å². The molecule has 0 saturated heterocycles. The second-order valence-electron chi connectivity index (χ2n) is 5.26. The molecule has 16 heavy (non-hydrogen) atoms. The third-order valence-corrected chi connectivity index (χ3v) is 3.43. The molecule has 0 unspecified atom stereocenters. The van der Waals surface area contributed by atoms with Crippen LogP contribution in [0.25, 0.3) is 5.57 Å². The van der Waals surface area contributed by atoms with Gasteiger partial charge in [0.1, 0.15) is 0 Å². The Kier molecular flexibility index (Phi) is 1.94. The molecule has 0 spiro atoms. The normalized spacial score (nSPS) is 20.6. The number of allylic oxidation sites excluding steroid dienone is 6. The Labute approximate surface area is 97.0 Å². The van der Waals surface area contributed by atoms with Crippen molar-refractivity contribution in [2.24, 2.45) is 5.41 Å². The summed E-state index contributed by atoms with van der Waals surface area (Å²) in [5.74, 6) is 0. The van der Waals surface area contributed by atoms with Gasteiger partial charge in [-0.2, -0.15) is 0 Å². The predicted octanol–water partition coefficient (Wildman–Crippen LogP) is 4.15. The summed E-state index contributed by atoms with van der Waals surface area (Å²) in [5, 5.41) is 0. The van der Waals surface area contributed by atoms with Crippen molar-refractivity contribution in [3.05, 3.63) is 65.3 Å². The lowest BCUT2D eigenvalue weighted by Crippen LogP contribution is -2.01. The molecule has 2 aliphatic carbocycles. The number of fused-ring (bicyclic) bond motifs is 2. The molecule has 0 aliphatic heterocycles. The molecule has 0 fully saturated rings. The lowest BCUT2D eigenvalue weighted by Gasteiger charge is -2.13.